The number of aromatic nitrogens is 1. The number of fused-ring (bicyclic) bond motifs is 3. The number of ether oxygens (including phenoxy) is 2. The van der Waals surface area contributed by atoms with Gasteiger partial charge in [-0.05, 0) is 37.5 Å². The van der Waals surface area contributed by atoms with E-state index in [4.69, 9.17) is 9.47 Å². The molecule has 0 saturated heterocycles. The molecule has 6 heteroatoms. The largest absolute Gasteiger partial charge is 0.488 e. The first-order valence-corrected chi connectivity index (χ1v) is 11.6. The van der Waals surface area contributed by atoms with Gasteiger partial charge in [-0.2, -0.15) is 0 Å². The molecule has 1 fully saturated rings. The lowest BCUT2D eigenvalue weighted by atomic mass is 9.81. The summed E-state index contributed by atoms with van der Waals surface area (Å²) >= 11 is 0. The maximum absolute atomic E-state index is 11.6. The number of hydrogen-bond acceptors (Lipinski definition) is 4. The Morgan fingerprint density at radius 2 is 2.00 bits per heavy atom. The van der Waals surface area contributed by atoms with E-state index in [0.717, 1.165) is 41.7 Å². The summed E-state index contributed by atoms with van der Waals surface area (Å²) in [7, 11) is 0. The monoisotopic (exact) mass is 438 g/mol. The Morgan fingerprint density at radius 3 is 2.69 bits per heavy atom. The lowest BCUT2D eigenvalue weighted by Gasteiger charge is -2.38. The zero-order valence-electron chi connectivity index (χ0n) is 19.4. The fourth-order valence-electron chi connectivity index (χ4n) is 5.17. The van der Waals surface area contributed by atoms with Crippen LogP contribution in [0.25, 0.3) is 11.1 Å². The van der Waals surface area contributed by atoms with E-state index in [2.05, 4.69) is 31.1 Å². The van der Waals surface area contributed by atoms with Gasteiger partial charge in [0, 0.05) is 40.6 Å². The highest BCUT2D eigenvalue weighted by Crippen LogP contribution is 2.44. The molecular weight excluding hydrogens is 404 g/mol. The summed E-state index contributed by atoms with van der Waals surface area (Å²) in [5.41, 5.74) is 2.94. The zero-order valence-corrected chi connectivity index (χ0v) is 19.4. The molecule has 2 heterocycles. The normalized spacial score (nSPS) is 19.9. The van der Waals surface area contributed by atoms with Crippen molar-refractivity contribution in [1.29, 1.82) is 0 Å². The molecule has 1 aliphatic carbocycles. The van der Waals surface area contributed by atoms with Gasteiger partial charge in [0.15, 0.2) is 0 Å². The highest BCUT2D eigenvalue weighted by Gasteiger charge is 2.37. The van der Waals surface area contributed by atoms with Crippen LogP contribution in [0.1, 0.15) is 71.5 Å². The number of amides is 1. The second-order valence-corrected chi connectivity index (χ2v) is 10.2. The molecular formula is C26H34N2O4. The van der Waals surface area contributed by atoms with Crippen molar-refractivity contribution in [1.82, 2.24) is 10.3 Å². The quantitative estimate of drug-likeness (QED) is 0.560. The van der Waals surface area contributed by atoms with Crippen molar-refractivity contribution < 1.29 is 19.4 Å². The number of nitrogens with one attached hydrogen (secondary N) is 1. The second-order valence-electron chi connectivity index (χ2n) is 10.2. The third-order valence-electron chi connectivity index (χ3n) is 6.69. The highest BCUT2D eigenvalue weighted by atomic mass is 16.5. The Kier molecular flexibility index (Phi) is 6.31. The highest BCUT2D eigenvalue weighted by molar-refractivity contribution is 5.75. The Balaban J connectivity index is 1.62. The van der Waals surface area contributed by atoms with Gasteiger partial charge in [0.1, 0.15) is 23.7 Å². The van der Waals surface area contributed by atoms with E-state index in [1.165, 1.54) is 12.8 Å². The van der Waals surface area contributed by atoms with Crippen LogP contribution < -0.4 is 14.8 Å². The van der Waals surface area contributed by atoms with Crippen molar-refractivity contribution in [2.75, 3.05) is 0 Å². The van der Waals surface area contributed by atoms with Crippen molar-refractivity contribution >= 4 is 6.09 Å². The number of hydrogen-bond donors (Lipinski definition) is 2. The van der Waals surface area contributed by atoms with Gasteiger partial charge in [0.25, 0.3) is 0 Å². The third kappa shape index (κ3) is 4.84. The minimum absolute atomic E-state index is 0.0713. The van der Waals surface area contributed by atoms with Crippen LogP contribution in [0.5, 0.6) is 11.5 Å². The zero-order chi connectivity index (χ0) is 22.9. The molecule has 3 atom stereocenters. The summed E-state index contributed by atoms with van der Waals surface area (Å²) in [4.78, 5) is 15.9. The van der Waals surface area contributed by atoms with Crippen molar-refractivity contribution in [3.8, 4) is 22.6 Å². The van der Waals surface area contributed by atoms with E-state index < -0.39 is 6.09 Å². The molecule has 1 saturated carbocycles. The maximum Gasteiger partial charge on any atom is 0.405 e. The number of benzene rings is 1. The van der Waals surface area contributed by atoms with Gasteiger partial charge in [-0.25, -0.2) is 4.79 Å². The fraction of sp³-hybridized carbons (Fsp3) is 0.538. The summed E-state index contributed by atoms with van der Waals surface area (Å²) in [6.45, 7) is 8.33. The molecule has 1 aromatic carbocycles. The van der Waals surface area contributed by atoms with Crippen molar-refractivity contribution in [3.05, 3.63) is 42.2 Å². The first-order valence-electron chi connectivity index (χ1n) is 11.6. The molecule has 2 unspecified atom stereocenters. The average molecular weight is 439 g/mol. The molecule has 2 aromatic rings. The number of carboxylic acid groups (broad SMARTS) is 1. The van der Waals surface area contributed by atoms with E-state index in [0.29, 0.717) is 11.7 Å². The Labute approximate surface area is 190 Å². The Hall–Kier alpha value is -2.76. The molecule has 1 aliphatic heterocycles. The van der Waals surface area contributed by atoms with Crippen LogP contribution in [0, 0.1) is 11.3 Å². The topological polar surface area (TPSA) is 80.7 Å². The Morgan fingerprint density at radius 1 is 1.25 bits per heavy atom. The molecule has 172 valence electrons. The number of rotatable bonds is 6. The summed E-state index contributed by atoms with van der Waals surface area (Å²) in [5.74, 6) is 1.99. The van der Waals surface area contributed by atoms with Crippen LogP contribution in [0.2, 0.25) is 0 Å². The first kappa shape index (κ1) is 22.4. The SMILES string of the molecule is CC1Oc2cc(OC([C@H](CC3CCCC3)NC(=O)O)C(C)(C)C)ccc2-c2cnccc21. The predicted octanol–water partition coefficient (Wildman–Crippen LogP) is 6.21. The van der Waals surface area contributed by atoms with Crippen LogP contribution in [-0.2, 0) is 0 Å². The van der Waals surface area contributed by atoms with Gasteiger partial charge in [-0.15, -0.1) is 0 Å². The average Bonchev–Trinajstić information content (AvgIpc) is 3.23. The third-order valence-corrected chi connectivity index (χ3v) is 6.69. The van der Waals surface area contributed by atoms with Gasteiger partial charge >= 0.3 is 6.09 Å². The molecule has 2 N–H and O–H groups in total. The minimum atomic E-state index is -1.00. The molecule has 32 heavy (non-hydrogen) atoms. The maximum atomic E-state index is 11.6. The van der Waals surface area contributed by atoms with Crippen LogP contribution in [0.3, 0.4) is 0 Å². The molecule has 0 radical (unpaired) electrons. The van der Waals surface area contributed by atoms with E-state index in [1.807, 2.05) is 37.4 Å². The molecule has 1 amide bonds. The van der Waals surface area contributed by atoms with E-state index in [1.54, 1.807) is 6.20 Å². The number of nitrogens with zero attached hydrogens (tertiary/aromatic N) is 1. The van der Waals surface area contributed by atoms with Gasteiger partial charge in [-0.1, -0.05) is 46.5 Å². The molecule has 6 nitrogen and oxygen atoms in total. The fourth-order valence-corrected chi connectivity index (χ4v) is 5.17. The van der Waals surface area contributed by atoms with Crippen molar-refractivity contribution in [3.63, 3.8) is 0 Å². The standard InChI is InChI=1S/C26H34N2O4/c1-16-19-11-12-27-15-21(19)20-10-9-18(14-23(20)31-16)32-24(26(2,3)4)22(28-25(29)30)13-17-7-5-6-8-17/h9-12,14-17,22,24,28H,5-8,13H2,1-4H3,(H,29,30)/t16?,22-,24?/m0/s1. The summed E-state index contributed by atoms with van der Waals surface area (Å²) < 4.78 is 12.7. The lowest BCUT2D eigenvalue weighted by molar-refractivity contribution is 0.0427. The van der Waals surface area contributed by atoms with Crippen LogP contribution in [0.15, 0.2) is 36.7 Å². The van der Waals surface area contributed by atoms with Gasteiger partial charge in [0.05, 0.1) is 6.04 Å². The molecule has 0 bridgehead atoms. The first-order chi connectivity index (χ1) is 15.2. The van der Waals surface area contributed by atoms with E-state index >= 15 is 0 Å². The van der Waals surface area contributed by atoms with Crippen LogP contribution >= 0.6 is 0 Å². The van der Waals surface area contributed by atoms with Crippen molar-refractivity contribution in [2.24, 2.45) is 11.3 Å². The summed E-state index contributed by atoms with van der Waals surface area (Å²) in [6, 6.07) is 7.59. The van der Waals surface area contributed by atoms with Gasteiger partial charge < -0.3 is 19.9 Å². The summed E-state index contributed by atoms with van der Waals surface area (Å²) in [6.07, 6.45) is 7.84. The van der Waals surface area contributed by atoms with E-state index in [9.17, 15) is 9.90 Å². The molecule has 1 aromatic heterocycles. The molecule has 2 aliphatic rings. The second kappa shape index (κ2) is 9.00. The smallest absolute Gasteiger partial charge is 0.405 e. The molecule has 0 spiro atoms. The van der Waals surface area contributed by atoms with Crippen LogP contribution in [-0.4, -0.2) is 28.3 Å². The van der Waals surface area contributed by atoms with E-state index in [-0.39, 0.29) is 23.7 Å². The van der Waals surface area contributed by atoms with Crippen LogP contribution in [0.4, 0.5) is 4.79 Å². The number of pyridine rings is 1. The molecule has 4 rings (SSSR count). The van der Waals surface area contributed by atoms with Gasteiger partial charge in [-0.3, -0.25) is 4.98 Å². The Bertz CT molecular complexity index is 963. The van der Waals surface area contributed by atoms with Crippen molar-refractivity contribution in [2.45, 2.75) is 78.0 Å². The van der Waals surface area contributed by atoms with Gasteiger partial charge in [0.2, 0.25) is 0 Å². The number of carbonyl (C=O) groups is 1. The lowest BCUT2D eigenvalue weighted by Crippen LogP contribution is -2.52. The minimum Gasteiger partial charge on any atom is -0.488 e. The summed E-state index contributed by atoms with van der Waals surface area (Å²) in [5, 5.41) is 12.3. The predicted molar refractivity (Wildman–Crippen MR) is 124 cm³/mol.